The molecule has 1 aliphatic carbocycles. The molecule has 2 atom stereocenters. The van der Waals surface area contributed by atoms with Crippen LogP contribution in [0.15, 0.2) is 36.7 Å². The van der Waals surface area contributed by atoms with Crippen molar-refractivity contribution in [1.82, 2.24) is 9.97 Å². The van der Waals surface area contributed by atoms with Gasteiger partial charge in [0.2, 0.25) is 5.91 Å². The van der Waals surface area contributed by atoms with Gasteiger partial charge in [-0.25, -0.2) is 9.37 Å². The van der Waals surface area contributed by atoms with Gasteiger partial charge in [-0.05, 0) is 30.2 Å². The average molecular weight is 337 g/mol. The van der Waals surface area contributed by atoms with E-state index in [1.54, 1.807) is 18.5 Å². The van der Waals surface area contributed by atoms with Crippen LogP contribution in [0.5, 0.6) is 0 Å². The van der Waals surface area contributed by atoms with Crippen LogP contribution in [0.2, 0.25) is 0 Å². The monoisotopic (exact) mass is 337 g/mol. The number of halogens is 1. The topological polar surface area (TPSA) is 54.9 Å². The number of rotatable bonds is 3. The summed E-state index contributed by atoms with van der Waals surface area (Å²) in [5.41, 5.74) is 3.36. The Balaban J connectivity index is 1.66. The molecule has 1 fully saturated rings. The van der Waals surface area contributed by atoms with E-state index in [-0.39, 0.29) is 5.91 Å². The molecule has 0 saturated heterocycles. The van der Waals surface area contributed by atoms with Crippen molar-refractivity contribution in [2.45, 2.75) is 12.6 Å². The highest BCUT2D eigenvalue weighted by Crippen LogP contribution is 2.36. The Morgan fingerprint density at radius 3 is 3.00 bits per heavy atom. The molecule has 0 bridgehead atoms. The zero-order chi connectivity index (χ0) is 16.7. The summed E-state index contributed by atoms with van der Waals surface area (Å²) in [7, 11) is 0. The molecule has 4 nitrogen and oxygen atoms in total. The summed E-state index contributed by atoms with van der Waals surface area (Å²) in [4.78, 5) is 20.3. The van der Waals surface area contributed by atoms with Gasteiger partial charge in [-0.15, -0.1) is 6.42 Å². The van der Waals surface area contributed by atoms with Gasteiger partial charge in [-0.1, -0.05) is 23.3 Å². The van der Waals surface area contributed by atoms with Crippen LogP contribution in [0.3, 0.4) is 0 Å². The highest BCUT2D eigenvalue weighted by molar-refractivity contribution is 7.22. The Morgan fingerprint density at radius 1 is 1.42 bits per heavy atom. The predicted octanol–water partition coefficient (Wildman–Crippen LogP) is 3.64. The van der Waals surface area contributed by atoms with Crippen LogP contribution in [0, 0.1) is 18.3 Å². The third kappa shape index (κ3) is 2.63. The Morgan fingerprint density at radius 2 is 2.25 bits per heavy atom. The molecule has 2 heterocycles. The summed E-state index contributed by atoms with van der Waals surface area (Å²) in [5, 5.41) is 3.17. The first-order valence-electron chi connectivity index (χ1n) is 7.42. The molecule has 0 spiro atoms. The lowest BCUT2D eigenvalue weighted by molar-refractivity contribution is -0.117. The molecule has 24 heavy (non-hydrogen) atoms. The molecule has 6 heteroatoms. The first kappa shape index (κ1) is 14.8. The minimum atomic E-state index is -1.02. The molecule has 1 saturated carbocycles. The molecule has 0 aliphatic heterocycles. The summed E-state index contributed by atoms with van der Waals surface area (Å²) < 4.78 is 13.9. The predicted molar refractivity (Wildman–Crippen MR) is 92.4 cm³/mol. The van der Waals surface area contributed by atoms with Gasteiger partial charge >= 0.3 is 0 Å². The van der Waals surface area contributed by atoms with Crippen molar-refractivity contribution in [2.75, 3.05) is 5.32 Å². The fraction of sp³-hybridized carbons (Fsp3) is 0.167. The molecule has 0 radical (unpaired) electrons. The largest absolute Gasteiger partial charge is 0.302 e. The number of terminal acetylenes is 1. The van der Waals surface area contributed by atoms with Crippen molar-refractivity contribution in [3.8, 4) is 23.5 Å². The summed E-state index contributed by atoms with van der Waals surface area (Å²) in [6.45, 7) is 0. The maximum absolute atomic E-state index is 12.9. The number of carbonyl (C=O) groups is 1. The maximum atomic E-state index is 12.9. The highest BCUT2D eigenvalue weighted by atomic mass is 32.1. The van der Waals surface area contributed by atoms with E-state index in [1.165, 1.54) is 11.3 Å². The van der Waals surface area contributed by atoms with Crippen molar-refractivity contribution < 1.29 is 9.18 Å². The van der Waals surface area contributed by atoms with Crippen LogP contribution in [-0.4, -0.2) is 22.0 Å². The van der Waals surface area contributed by atoms with Gasteiger partial charge in [0.25, 0.3) is 0 Å². The van der Waals surface area contributed by atoms with Gasteiger partial charge in [0.05, 0.1) is 16.1 Å². The number of hydrogen-bond donors (Lipinski definition) is 1. The standard InChI is InChI=1S/C18H12FN3OS/c1-2-10-5-6-20-9-13(10)11-3-4-15-16(7-11)24-18(21-15)22-17(23)12-8-14(12)19/h1,3-7,9,12,14H,8H2,(H,21,22,23). The number of benzene rings is 1. The van der Waals surface area contributed by atoms with Gasteiger partial charge in [0, 0.05) is 23.5 Å². The smallest absolute Gasteiger partial charge is 0.232 e. The number of amides is 1. The summed E-state index contributed by atoms with van der Waals surface area (Å²) in [5.74, 6) is 1.82. The number of fused-ring (bicyclic) bond motifs is 1. The Bertz CT molecular complexity index is 991. The lowest BCUT2D eigenvalue weighted by Crippen LogP contribution is -2.14. The van der Waals surface area contributed by atoms with Crippen LogP contribution < -0.4 is 5.32 Å². The van der Waals surface area contributed by atoms with Crippen molar-refractivity contribution in [2.24, 2.45) is 5.92 Å². The van der Waals surface area contributed by atoms with Crippen LogP contribution in [-0.2, 0) is 4.79 Å². The van der Waals surface area contributed by atoms with Crippen molar-refractivity contribution in [3.63, 3.8) is 0 Å². The zero-order valence-corrected chi connectivity index (χ0v) is 13.3. The van der Waals surface area contributed by atoms with Gasteiger partial charge in [-0.3, -0.25) is 9.78 Å². The summed E-state index contributed by atoms with van der Waals surface area (Å²) in [6.07, 6.45) is 8.22. The second-order valence-electron chi connectivity index (χ2n) is 5.61. The van der Waals surface area contributed by atoms with Crippen molar-refractivity contribution in [1.29, 1.82) is 0 Å². The van der Waals surface area contributed by atoms with Crippen LogP contribution in [0.1, 0.15) is 12.0 Å². The second kappa shape index (κ2) is 5.69. The van der Waals surface area contributed by atoms with E-state index in [9.17, 15) is 9.18 Å². The molecule has 4 rings (SSSR count). The normalized spacial score (nSPS) is 19.0. The van der Waals surface area contributed by atoms with Gasteiger partial charge < -0.3 is 5.32 Å². The first-order chi connectivity index (χ1) is 11.7. The molecular weight excluding hydrogens is 325 g/mol. The summed E-state index contributed by atoms with van der Waals surface area (Å²) >= 11 is 1.36. The number of thiazole rings is 1. The number of nitrogens with zero attached hydrogens (tertiary/aromatic N) is 2. The third-order valence-corrected chi connectivity index (χ3v) is 4.89. The molecule has 1 aliphatic rings. The van der Waals surface area contributed by atoms with Crippen molar-refractivity contribution >= 4 is 32.6 Å². The maximum Gasteiger partial charge on any atom is 0.232 e. The van der Waals surface area contributed by atoms with E-state index >= 15 is 0 Å². The van der Waals surface area contributed by atoms with Crippen LogP contribution in [0.4, 0.5) is 9.52 Å². The second-order valence-corrected chi connectivity index (χ2v) is 6.65. The number of aromatic nitrogens is 2. The van der Waals surface area contributed by atoms with E-state index in [0.29, 0.717) is 11.6 Å². The Kier molecular flexibility index (Phi) is 3.51. The number of alkyl halides is 1. The number of hydrogen-bond acceptors (Lipinski definition) is 4. The molecule has 1 amide bonds. The number of carbonyl (C=O) groups excluding carboxylic acids is 1. The third-order valence-electron chi connectivity index (χ3n) is 3.96. The zero-order valence-electron chi connectivity index (χ0n) is 12.5. The number of nitrogens with one attached hydrogen (secondary N) is 1. The van der Waals surface area contributed by atoms with Crippen LogP contribution >= 0.6 is 11.3 Å². The van der Waals surface area contributed by atoms with Crippen LogP contribution in [0.25, 0.3) is 21.3 Å². The van der Waals surface area contributed by atoms with Gasteiger partial charge in [0.15, 0.2) is 5.13 Å². The van der Waals surface area contributed by atoms with E-state index in [2.05, 4.69) is 21.2 Å². The molecule has 118 valence electrons. The number of pyridine rings is 1. The van der Waals surface area contributed by atoms with E-state index < -0.39 is 12.1 Å². The fourth-order valence-electron chi connectivity index (χ4n) is 2.53. The minimum Gasteiger partial charge on any atom is -0.302 e. The minimum absolute atomic E-state index is 0.302. The van der Waals surface area contributed by atoms with Gasteiger partial charge in [-0.2, -0.15) is 0 Å². The Labute approximate surface area is 141 Å². The lowest BCUT2D eigenvalue weighted by atomic mass is 10.0. The van der Waals surface area contributed by atoms with E-state index in [4.69, 9.17) is 6.42 Å². The van der Waals surface area contributed by atoms with Gasteiger partial charge in [0.1, 0.15) is 6.17 Å². The summed E-state index contributed by atoms with van der Waals surface area (Å²) in [6, 6.07) is 7.56. The first-order valence-corrected chi connectivity index (χ1v) is 8.24. The highest BCUT2D eigenvalue weighted by Gasteiger charge is 2.43. The van der Waals surface area contributed by atoms with E-state index in [0.717, 1.165) is 26.9 Å². The fourth-order valence-corrected chi connectivity index (χ4v) is 3.44. The van der Waals surface area contributed by atoms with E-state index in [1.807, 2.05) is 18.2 Å². The SMILES string of the molecule is C#Cc1ccncc1-c1ccc2nc(NC(=O)C3CC3F)sc2c1. The average Bonchev–Trinajstić information content (AvgIpc) is 3.20. The molecule has 2 aromatic heterocycles. The molecular formula is C18H12FN3OS. The Hall–Kier alpha value is -2.78. The molecule has 2 unspecified atom stereocenters. The molecule has 3 aromatic rings. The quantitative estimate of drug-likeness (QED) is 0.743. The lowest BCUT2D eigenvalue weighted by Gasteiger charge is -2.03. The molecule has 1 N–H and O–H groups in total. The van der Waals surface area contributed by atoms with Crippen molar-refractivity contribution in [3.05, 3.63) is 42.2 Å². The number of anilines is 1. The molecule has 1 aromatic carbocycles.